The second kappa shape index (κ2) is 6.02. The first-order valence-electron chi connectivity index (χ1n) is 9.16. The van der Waals surface area contributed by atoms with Gasteiger partial charge in [-0.05, 0) is 57.2 Å². The molecule has 1 aromatic heterocycles. The van der Waals surface area contributed by atoms with Gasteiger partial charge >= 0.3 is 0 Å². The van der Waals surface area contributed by atoms with Gasteiger partial charge in [0.05, 0.1) is 11.3 Å². The van der Waals surface area contributed by atoms with Crippen molar-refractivity contribution in [3.05, 3.63) is 17.3 Å². The van der Waals surface area contributed by atoms with E-state index >= 15 is 0 Å². The van der Waals surface area contributed by atoms with E-state index in [2.05, 4.69) is 33.1 Å². The summed E-state index contributed by atoms with van der Waals surface area (Å²) in [4.78, 5) is 4.66. The van der Waals surface area contributed by atoms with Gasteiger partial charge in [-0.3, -0.25) is 4.90 Å². The lowest BCUT2D eigenvalue weighted by Gasteiger charge is -2.46. The van der Waals surface area contributed by atoms with Crippen LogP contribution in [0.2, 0.25) is 0 Å². The van der Waals surface area contributed by atoms with E-state index in [4.69, 9.17) is 0 Å². The van der Waals surface area contributed by atoms with Crippen LogP contribution in [-0.4, -0.2) is 58.5 Å². The van der Waals surface area contributed by atoms with Crippen LogP contribution in [0.1, 0.15) is 49.8 Å². The van der Waals surface area contributed by atoms with E-state index in [0.717, 1.165) is 51.1 Å². The number of anilines is 1. The van der Waals surface area contributed by atoms with E-state index in [1.54, 1.807) is 0 Å². The first kappa shape index (κ1) is 15.3. The maximum absolute atomic E-state index is 10.6. The van der Waals surface area contributed by atoms with Crippen molar-refractivity contribution in [1.82, 2.24) is 15.1 Å². The minimum absolute atomic E-state index is 0.444. The van der Waals surface area contributed by atoms with Crippen LogP contribution in [0.3, 0.4) is 0 Å². The summed E-state index contributed by atoms with van der Waals surface area (Å²) in [6.07, 6.45) is 9.04. The zero-order valence-electron chi connectivity index (χ0n) is 14.2. The third kappa shape index (κ3) is 3.09. The molecule has 2 fully saturated rings. The van der Waals surface area contributed by atoms with Gasteiger partial charge in [-0.15, -0.1) is 5.10 Å². The standard InChI is InChI=1S/C18H28N4O/c1-21(13-18(23)8-4-5-9-18)15-11-22(12-15)17-10-14-6-2-3-7-16(14)19-20-17/h10,15,23H,2-9,11-13H2,1H3. The molecular weight excluding hydrogens is 288 g/mol. The molecule has 126 valence electrons. The van der Waals surface area contributed by atoms with Gasteiger partial charge in [0.2, 0.25) is 0 Å². The molecule has 5 heteroatoms. The maximum atomic E-state index is 10.6. The molecule has 0 atom stereocenters. The van der Waals surface area contributed by atoms with Crippen molar-refractivity contribution < 1.29 is 5.11 Å². The third-order valence-electron chi connectivity index (χ3n) is 5.94. The van der Waals surface area contributed by atoms with Crippen molar-refractivity contribution in [3.8, 4) is 0 Å². The Morgan fingerprint density at radius 1 is 1.17 bits per heavy atom. The number of likely N-dealkylation sites (N-methyl/N-ethyl adjacent to an activating group) is 1. The first-order chi connectivity index (χ1) is 11.1. The Labute approximate surface area is 138 Å². The largest absolute Gasteiger partial charge is 0.389 e. The molecule has 23 heavy (non-hydrogen) atoms. The molecular formula is C18H28N4O. The van der Waals surface area contributed by atoms with Crippen LogP contribution in [0.25, 0.3) is 0 Å². The van der Waals surface area contributed by atoms with Gasteiger partial charge in [-0.25, -0.2) is 0 Å². The average Bonchev–Trinajstić information content (AvgIpc) is 2.92. The first-order valence-corrected chi connectivity index (χ1v) is 9.16. The van der Waals surface area contributed by atoms with Crippen LogP contribution in [-0.2, 0) is 12.8 Å². The Morgan fingerprint density at radius 3 is 2.70 bits per heavy atom. The minimum Gasteiger partial charge on any atom is -0.389 e. The summed E-state index contributed by atoms with van der Waals surface area (Å²) in [5.74, 6) is 1.04. The molecule has 0 amide bonds. The van der Waals surface area contributed by atoms with Gasteiger partial charge in [-0.2, -0.15) is 5.10 Å². The summed E-state index contributed by atoms with van der Waals surface area (Å²) < 4.78 is 0. The highest BCUT2D eigenvalue weighted by Gasteiger charge is 2.37. The number of aryl methyl sites for hydroxylation is 2. The van der Waals surface area contributed by atoms with Gasteiger partial charge < -0.3 is 10.0 Å². The Hall–Kier alpha value is -1.20. The van der Waals surface area contributed by atoms with E-state index in [0.29, 0.717) is 6.04 Å². The number of nitrogens with zero attached hydrogens (tertiary/aromatic N) is 4. The van der Waals surface area contributed by atoms with Gasteiger partial charge in [0.25, 0.3) is 0 Å². The second-order valence-corrected chi connectivity index (χ2v) is 7.79. The normalized spacial score (nSPS) is 23.9. The molecule has 1 saturated carbocycles. The molecule has 0 radical (unpaired) electrons. The molecule has 0 bridgehead atoms. The monoisotopic (exact) mass is 316 g/mol. The SMILES string of the molecule is CN(CC1(O)CCCC1)C1CN(c2cc3c(nn2)CCCC3)C1. The Kier molecular flexibility index (Phi) is 4.01. The predicted molar refractivity (Wildman–Crippen MR) is 90.7 cm³/mol. The van der Waals surface area contributed by atoms with E-state index in [-0.39, 0.29) is 0 Å². The average molecular weight is 316 g/mol. The van der Waals surface area contributed by atoms with Crippen LogP contribution < -0.4 is 4.90 Å². The minimum atomic E-state index is -0.444. The lowest BCUT2D eigenvalue weighted by molar-refractivity contribution is 0.00181. The van der Waals surface area contributed by atoms with Gasteiger partial charge in [0, 0.05) is 25.7 Å². The van der Waals surface area contributed by atoms with E-state index < -0.39 is 5.60 Å². The van der Waals surface area contributed by atoms with E-state index in [1.807, 2.05) is 0 Å². The summed E-state index contributed by atoms with van der Waals surface area (Å²) in [5, 5.41) is 19.4. The number of hydrogen-bond donors (Lipinski definition) is 1. The van der Waals surface area contributed by atoms with Crippen molar-refractivity contribution in [3.63, 3.8) is 0 Å². The number of hydrogen-bond acceptors (Lipinski definition) is 5. The number of fused-ring (bicyclic) bond motifs is 1. The van der Waals surface area contributed by atoms with Crippen LogP contribution in [0.4, 0.5) is 5.82 Å². The van der Waals surface area contributed by atoms with Crippen molar-refractivity contribution >= 4 is 5.82 Å². The molecule has 4 rings (SSSR count). The summed E-state index contributed by atoms with van der Waals surface area (Å²) in [6.45, 7) is 2.81. The lowest BCUT2D eigenvalue weighted by atomic mass is 9.96. The smallest absolute Gasteiger partial charge is 0.151 e. The quantitative estimate of drug-likeness (QED) is 0.918. The summed E-state index contributed by atoms with van der Waals surface area (Å²) in [5.41, 5.74) is 2.16. The topological polar surface area (TPSA) is 52.5 Å². The number of aliphatic hydroxyl groups is 1. The molecule has 1 saturated heterocycles. The molecule has 1 aromatic rings. The fraction of sp³-hybridized carbons (Fsp3) is 0.778. The van der Waals surface area contributed by atoms with E-state index in [1.165, 1.54) is 36.9 Å². The highest BCUT2D eigenvalue weighted by molar-refractivity contribution is 5.45. The molecule has 1 N–H and O–H groups in total. The molecule has 2 heterocycles. The fourth-order valence-electron chi connectivity index (χ4n) is 4.34. The van der Waals surface area contributed by atoms with Gasteiger partial charge in [0.1, 0.15) is 0 Å². The molecule has 2 aliphatic carbocycles. The molecule has 5 nitrogen and oxygen atoms in total. The van der Waals surface area contributed by atoms with Crippen LogP contribution in [0.5, 0.6) is 0 Å². The van der Waals surface area contributed by atoms with E-state index in [9.17, 15) is 5.11 Å². The van der Waals surface area contributed by atoms with Crippen LogP contribution in [0.15, 0.2) is 6.07 Å². The Balaban J connectivity index is 1.34. The fourth-order valence-corrected chi connectivity index (χ4v) is 4.34. The summed E-state index contributed by atoms with van der Waals surface area (Å²) in [6, 6.07) is 2.78. The van der Waals surface area contributed by atoms with Crippen LogP contribution in [0, 0.1) is 0 Å². The van der Waals surface area contributed by atoms with Crippen molar-refractivity contribution in [2.45, 2.75) is 63.0 Å². The molecule has 0 spiro atoms. The molecule has 1 aliphatic heterocycles. The molecule has 3 aliphatic rings. The Morgan fingerprint density at radius 2 is 1.91 bits per heavy atom. The predicted octanol–water partition coefficient (Wildman–Crippen LogP) is 1.78. The summed E-state index contributed by atoms with van der Waals surface area (Å²) >= 11 is 0. The van der Waals surface area contributed by atoms with Gasteiger partial charge in [-0.1, -0.05) is 12.8 Å². The Bertz CT molecular complexity index is 564. The highest BCUT2D eigenvalue weighted by atomic mass is 16.3. The second-order valence-electron chi connectivity index (χ2n) is 7.79. The van der Waals surface area contributed by atoms with Crippen molar-refractivity contribution in [2.24, 2.45) is 0 Å². The molecule has 0 aromatic carbocycles. The third-order valence-corrected chi connectivity index (χ3v) is 5.94. The van der Waals surface area contributed by atoms with Gasteiger partial charge in [0.15, 0.2) is 5.82 Å². The summed E-state index contributed by atoms with van der Waals surface area (Å²) in [7, 11) is 2.15. The van der Waals surface area contributed by atoms with Crippen LogP contribution >= 0.6 is 0 Å². The van der Waals surface area contributed by atoms with Crippen molar-refractivity contribution in [1.29, 1.82) is 0 Å². The highest BCUT2D eigenvalue weighted by Crippen LogP contribution is 2.32. The zero-order chi connectivity index (χ0) is 15.9. The number of rotatable bonds is 4. The maximum Gasteiger partial charge on any atom is 0.151 e. The lowest BCUT2D eigenvalue weighted by Crippen LogP contribution is -2.61. The van der Waals surface area contributed by atoms with Crippen molar-refractivity contribution in [2.75, 3.05) is 31.6 Å². The zero-order valence-corrected chi connectivity index (χ0v) is 14.2. The molecule has 0 unspecified atom stereocenters. The number of aromatic nitrogens is 2.